The predicted molar refractivity (Wildman–Crippen MR) is 40.3 cm³/mol. The largest absolute Gasteiger partial charge is 0.0622 e. The van der Waals surface area contributed by atoms with Gasteiger partial charge in [-0.15, -0.1) is 0 Å². The number of hydrogen-bond acceptors (Lipinski definition) is 0. The van der Waals surface area contributed by atoms with Gasteiger partial charge >= 0.3 is 0 Å². The van der Waals surface area contributed by atoms with Crippen molar-refractivity contribution in [2.75, 3.05) is 0 Å². The summed E-state index contributed by atoms with van der Waals surface area (Å²) in [6.45, 7) is 0. The van der Waals surface area contributed by atoms with Gasteiger partial charge in [-0.25, -0.2) is 0 Å². The first-order chi connectivity index (χ1) is 3.39. The molecule has 37 valence electrons. The lowest BCUT2D eigenvalue weighted by Crippen LogP contribution is -1.61. The molecule has 1 heteroatoms. The lowest BCUT2D eigenvalue weighted by molar-refractivity contribution is 1.65. The molecule has 0 aromatic heterocycles. The zero-order valence-electron chi connectivity index (χ0n) is 4.76. The highest BCUT2D eigenvalue weighted by Crippen LogP contribution is 1.99. The first kappa shape index (κ1) is 5.09. The number of benzene rings is 1. The van der Waals surface area contributed by atoms with Crippen molar-refractivity contribution < 1.29 is 1.43 Å². The van der Waals surface area contributed by atoms with Crippen LogP contribution in [0.2, 0.25) is 0 Å². The van der Waals surface area contributed by atoms with Gasteiger partial charge in [0.25, 0.3) is 0 Å². The van der Waals surface area contributed by atoms with E-state index in [-0.39, 0.29) is 1.43 Å². The summed E-state index contributed by atoms with van der Waals surface area (Å²) < 4.78 is 1.29. The van der Waals surface area contributed by atoms with E-state index in [4.69, 9.17) is 0 Å². The van der Waals surface area contributed by atoms with E-state index in [1.54, 1.807) is 0 Å². The average Bonchev–Trinajstić information content (AvgIpc) is 1.69. The minimum Gasteiger partial charge on any atom is -0.0622 e. The van der Waals surface area contributed by atoms with Crippen molar-refractivity contribution in [3.05, 3.63) is 33.9 Å². The topological polar surface area (TPSA) is 0 Å². The second kappa shape index (κ2) is 2.31. The normalized spacial score (nSPS) is 8.71. The molecule has 0 heterocycles. The van der Waals surface area contributed by atoms with Crippen LogP contribution >= 0.6 is 22.6 Å². The van der Waals surface area contributed by atoms with Crippen molar-refractivity contribution in [1.82, 2.24) is 0 Å². The van der Waals surface area contributed by atoms with E-state index >= 15 is 0 Å². The smallest absolute Gasteiger partial charge is 0.0130 e. The number of rotatable bonds is 0. The Morgan fingerprint density at radius 1 is 1.14 bits per heavy atom. The molecular weight excluding hydrogens is 199 g/mol. The fraction of sp³-hybridized carbons (Fsp3) is 0. The summed E-state index contributed by atoms with van der Waals surface area (Å²) in [4.78, 5) is 0. The van der Waals surface area contributed by atoms with E-state index in [9.17, 15) is 0 Å². The van der Waals surface area contributed by atoms with Gasteiger partial charge in [0.1, 0.15) is 0 Å². The third-order valence-corrected chi connectivity index (χ3v) is 1.45. The van der Waals surface area contributed by atoms with Crippen LogP contribution in [0.3, 0.4) is 0 Å². The molecule has 1 radical (unpaired) electrons. The zero-order chi connectivity index (χ0) is 5.11. The molecule has 0 aliphatic rings. The molecule has 1 aromatic rings. The molecule has 0 fully saturated rings. The van der Waals surface area contributed by atoms with Gasteiger partial charge < -0.3 is 0 Å². The van der Waals surface area contributed by atoms with E-state index in [0.717, 1.165) is 0 Å². The van der Waals surface area contributed by atoms with Crippen molar-refractivity contribution in [3.63, 3.8) is 0 Å². The van der Waals surface area contributed by atoms with Gasteiger partial charge in [-0.05, 0) is 34.7 Å². The fourth-order valence-corrected chi connectivity index (χ4v) is 0.830. The van der Waals surface area contributed by atoms with Crippen LogP contribution in [-0.2, 0) is 0 Å². The molecule has 0 amide bonds. The monoisotopic (exact) mass is 206 g/mol. The molecule has 7 heavy (non-hydrogen) atoms. The first-order valence-corrected chi connectivity index (χ1v) is 3.18. The molecule has 0 aliphatic carbocycles. The molecule has 0 N–H and O–H groups in total. The number of hydrogen-bond donors (Lipinski definition) is 0. The summed E-state index contributed by atoms with van der Waals surface area (Å²) >= 11 is 2.28. The fourth-order valence-electron chi connectivity index (χ4n) is 0.415. The third-order valence-electron chi connectivity index (χ3n) is 0.733. The van der Waals surface area contributed by atoms with Crippen LogP contribution in [-0.4, -0.2) is 0 Å². The quantitative estimate of drug-likeness (QED) is 0.571. The zero-order valence-corrected chi connectivity index (χ0v) is 5.92. The summed E-state index contributed by atoms with van der Waals surface area (Å²) in [5.41, 5.74) is 0. The molecule has 0 unspecified atom stereocenters. The first-order valence-electron chi connectivity index (χ1n) is 2.10. The van der Waals surface area contributed by atoms with Crippen LogP contribution in [0.15, 0.2) is 30.3 Å². The Morgan fingerprint density at radius 2 is 1.71 bits per heavy atom. The van der Waals surface area contributed by atoms with Crippen LogP contribution in [0.4, 0.5) is 0 Å². The van der Waals surface area contributed by atoms with Gasteiger partial charge in [-0.2, -0.15) is 0 Å². The molecule has 0 saturated carbocycles. The predicted octanol–water partition coefficient (Wildman–Crippen LogP) is 2.40. The Balaban J connectivity index is 0.000000490. The SMILES string of the molecule is Ic1ccccc1.[2H]. The van der Waals surface area contributed by atoms with Crippen molar-refractivity contribution >= 4 is 22.6 Å². The van der Waals surface area contributed by atoms with E-state index in [0.29, 0.717) is 0 Å². The molecular formula is C6H6I. The maximum atomic E-state index is 2.28. The van der Waals surface area contributed by atoms with Crippen molar-refractivity contribution in [2.24, 2.45) is 0 Å². The Morgan fingerprint density at radius 3 is 2.00 bits per heavy atom. The summed E-state index contributed by atoms with van der Waals surface area (Å²) in [5.74, 6) is 0. The highest BCUT2D eigenvalue weighted by molar-refractivity contribution is 14.1. The van der Waals surface area contributed by atoms with Crippen molar-refractivity contribution in [1.29, 1.82) is 0 Å². The summed E-state index contributed by atoms with van der Waals surface area (Å²) in [7, 11) is 0. The second-order valence-electron chi connectivity index (χ2n) is 1.30. The van der Waals surface area contributed by atoms with Crippen LogP contribution in [0, 0.1) is 3.57 Å². The van der Waals surface area contributed by atoms with E-state index in [1.165, 1.54) is 3.57 Å². The Hall–Kier alpha value is -0.0500. The van der Waals surface area contributed by atoms with Gasteiger partial charge in [0.15, 0.2) is 0 Å². The van der Waals surface area contributed by atoms with Crippen molar-refractivity contribution in [3.8, 4) is 0 Å². The van der Waals surface area contributed by atoms with Gasteiger partial charge in [0.05, 0.1) is 0 Å². The maximum absolute atomic E-state index is 2.28. The molecule has 0 nitrogen and oxygen atoms in total. The summed E-state index contributed by atoms with van der Waals surface area (Å²) in [6, 6.07) is 10.2. The number of halogens is 1. The second-order valence-corrected chi connectivity index (χ2v) is 2.54. The molecule has 1 aromatic carbocycles. The minimum atomic E-state index is 0. The van der Waals surface area contributed by atoms with Gasteiger partial charge in [0.2, 0.25) is 0 Å². The van der Waals surface area contributed by atoms with Crippen molar-refractivity contribution in [2.45, 2.75) is 0 Å². The highest BCUT2D eigenvalue weighted by atomic mass is 127. The molecule has 0 aliphatic heterocycles. The summed E-state index contributed by atoms with van der Waals surface area (Å²) in [5, 5.41) is 0. The lowest BCUT2D eigenvalue weighted by atomic mass is 10.4. The molecule has 0 spiro atoms. The Kier molecular flexibility index (Phi) is 1.68. The molecule has 0 atom stereocenters. The molecule has 1 rings (SSSR count). The highest BCUT2D eigenvalue weighted by Gasteiger charge is 1.74. The van der Waals surface area contributed by atoms with E-state index < -0.39 is 0 Å². The van der Waals surface area contributed by atoms with Crippen LogP contribution in [0.5, 0.6) is 0 Å². The van der Waals surface area contributed by atoms with Crippen LogP contribution < -0.4 is 0 Å². The van der Waals surface area contributed by atoms with Gasteiger partial charge in [-0.1, -0.05) is 18.2 Å². The average molecular weight is 206 g/mol. The third kappa shape index (κ3) is 1.47. The van der Waals surface area contributed by atoms with Gasteiger partial charge in [0, 0.05) is 5.00 Å². The Bertz CT molecular complexity index is 138. The van der Waals surface area contributed by atoms with E-state index in [2.05, 4.69) is 34.7 Å². The summed E-state index contributed by atoms with van der Waals surface area (Å²) in [6.07, 6.45) is 0. The minimum absolute atomic E-state index is 0. The van der Waals surface area contributed by atoms with E-state index in [1.807, 2.05) is 18.2 Å². The molecule has 0 saturated heterocycles. The van der Waals surface area contributed by atoms with Gasteiger partial charge in [-0.3, -0.25) is 0 Å². The van der Waals surface area contributed by atoms with Crippen LogP contribution in [0.25, 0.3) is 0 Å². The Labute approximate surface area is 58.2 Å². The lowest BCUT2D eigenvalue weighted by Gasteiger charge is -1.80. The standard InChI is InChI=1S/C6H5I.H/c7-6-4-2-1-3-5-6;/h1-5H;/i;1+1. The maximum Gasteiger partial charge on any atom is 0.0130 e. The molecule has 0 bridgehead atoms. The van der Waals surface area contributed by atoms with Crippen LogP contribution in [0.1, 0.15) is 1.43 Å².